The van der Waals surface area contributed by atoms with Gasteiger partial charge in [0.2, 0.25) is 0 Å². The molecule has 1 unspecified atom stereocenters. The number of hydrogen-bond donors (Lipinski definition) is 0. The molecule has 1 fully saturated rings. The van der Waals surface area contributed by atoms with Crippen LogP contribution in [0.1, 0.15) is 39.5 Å². The Labute approximate surface area is 99.7 Å². The lowest BCUT2D eigenvalue weighted by Crippen LogP contribution is -2.40. The van der Waals surface area contributed by atoms with Gasteiger partial charge in [-0.2, -0.15) is 0 Å². The van der Waals surface area contributed by atoms with Crippen LogP contribution in [-0.4, -0.2) is 28.9 Å². The first-order valence-electron chi connectivity index (χ1n) is 5.80. The quantitative estimate of drug-likeness (QED) is 0.552. The minimum atomic E-state index is -0.841. The Balaban J connectivity index is 2.61. The molecular formula is C10H18N2O5. The van der Waals surface area contributed by atoms with Gasteiger partial charge in [0.15, 0.2) is 6.23 Å². The monoisotopic (exact) mass is 246 g/mol. The molecule has 1 saturated heterocycles. The van der Waals surface area contributed by atoms with E-state index in [0.29, 0.717) is 13.0 Å². The third-order valence-corrected chi connectivity index (χ3v) is 2.54. The summed E-state index contributed by atoms with van der Waals surface area (Å²) < 4.78 is 0. The summed E-state index contributed by atoms with van der Waals surface area (Å²) in [4.78, 5) is 31.5. The molecule has 1 atom stereocenters. The van der Waals surface area contributed by atoms with E-state index in [2.05, 4.69) is 4.84 Å². The van der Waals surface area contributed by atoms with E-state index in [-0.39, 0.29) is 5.92 Å². The molecule has 1 heterocycles. The number of carbonyl (C=O) groups is 1. The highest BCUT2D eigenvalue weighted by Gasteiger charge is 2.28. The first-order valence-corrected chi connectivity index (χ1v) is 5.80. The topological polar surface area (TPSA) is 81.9 Å². The van der Waals surface area contributed by atoms with Crippen LogP contribution in [0.25, 0.3) is 0 Å². The van der Waals surface area contributed by atoms with E-state index in [9.17, 15) is 14.9 Å². The lowest BCUT2D eigenvalue weighted by Gasteiger charge is -2.26. The number of hydrogen-bond acceptors (Lipinski definition) is 6. The predicted octanol–water partition coefficient (Wildman–Crippen LogP) is 1.51. The van der Waals surface area contributed by atoms with E-state index >= 15 is 0 Å². The van der Waals surface area contributed by atoms with E-state index in [1.807, 2.05) is 0 Å². The van der Waals surface area contributed by atoms with Crippen LogP contribution in [0, 0.1) is 16.0 Å². The van der Waals surface area contributed by atoms with Crippen molar-refractivity contribution in [3.05, 3.63) is 10.1 Å². The average Bonchev–Trinajstić information content (AvgIpc) is 2.43. The lowest BCUT2D eigenvalue weighted by molar-refractivity contribution is -0.778. The van der Waals surface area contributed by atoms with E-state index in [1.165, 1.54) is 5.06 Å². The summed E-state index contributed by atoms with van der Waals surface area (Å²) >= 11 is 0. The molecule has 1 aliphatic rings. The maximum atomic E-state index is 11.5. The van der Waals surface area contributed by atoms with Crippen LogP contribution >= 0.6 is 0 Å². The Bertz CT molecular complexity index is 282. The fourth-order valence-corrected chi connectivity index (χ4v) is 1.58. The van der Waals surface area contributed by atoms with Gasteiger partial charge in [0.25, 0.3) is 5.09 Å². The molecule has 0 radical (unpaired) electrons. The molecule has 0 bridgehead atoms. The van der Waals surface area contributed by atoms with Crippen LogP contribution in [-0.2, 0) is 14.5 Å². The second-order valence-electron chi connectivity index (χ2n) is 4.34. The molecule has 0 aromatic rings. The standard InChI is InChI=1S/C10H18N2O5/c1-8(2)10(13)17-11-7-5-3-4-6-9(11)16-12(14)15/h8-9H,3-7H2,1-2H3. The Hall–Kier alpha value is -1.37. The summed E-state index contributed by atoms with van der Waals surface area (Å²) in [6.45, 7) is 3.89. The fourth-order valence-electron chi connectivity index (χ4n) is 1.58. The van der Waals surface area contributed by atoms with Gasteiger partial charge >= 0.3 is 5.97 Å². The van der Waals surface area contributed by atoms with Crippen LogP contribution in [0.5, 0.6) is 0 Å². The number of rotatable bonds is 4. The molecule has 0 spiro atoms. The molecule has 0 aromatic carbocycles. The average molecular weight is 246 g/mol. The highest BCUT2D eigenvalue weighted by molar-refractivity contribution is 5.71. The third-order valence-electron chi connectivity index (χ3n) is 2.54. The minimum Gasteiger partial charge on any atom is -0.365 e. The van der Waals surface area contributed by atoms with Crippen molar-refractivity contribution >= 4 is 5.97 Å². The summed E-state index contributed by atoms with van der Waals surface area (Å²) in [7, 11) is 0. The van der Waals surface area contributed by atoms with E-state index < -0.39 is 17.3 Å². The summed E-state index contributed by atoms with van der Waals surface area (Å²) in [5, 5.41) is 10.8. The number of hydroxylamine groups is 2. The van der Waals surface area contributed by atoms with Crippen molar-refractivity contribution in [2.24, 2.45) is 5.92 Å². The largest absolute Gasteiger partial charge is 0.365 e. The molecule has 7 nitrogen and oxygen atoms in total. The van der Waals surface area contributed by atoms with Gasteiger partial charge in [0.05, 0.1) is 5.92 Å². The van der Waals surface area contributed by atoms with Gasteiger partial charge in [-0.15, -0.1) is 15.2 Å². The van der Waals surface area contributed by atoms with Gasteiger partial charge < -0.3 is 4.84 Å². The van der Waals surface area contributed by atoms with Gasteiger partial charge in [-0.25, -0.2) is 0 Å². The molecule has 1 rings (SSSR count). The van der Waals surface area contributed by atoms with Crippen molar-refractivity contribution in [1.29, 1.82) is 0 Å². The second-order valence-corrected chi connectivity index (χ2v) is 4.34. The molecule has 0 saturated carbocycles. The highest BCUT2D eigenvalue weighted by atomic mass is 17.0. The van der Waals surface area contributed by atoms with Crippen molar-refractivity contribution in [3.63, 3.8) is 0 Å². The molecule has 0 amide bonds. The zero-order valence-corrected chi connectivity index (χ0v) is 10.1. The Kier molecular flexibility index (Phi) is 5.14. The Morgan fingerprint density at radius 1 is 1.41 bits per heavy atom. The molecule has 0 aliphatic carbocycles. The van der Waals surface area contributed by atoms with Gasteiger partial charge in [-0.3, -0.25) is 9.63 Å². The van der Waals surface area contributed by atoms with Crippen molar-refractivity contribution in [1.82, 2.24) is 5.06 Å². The predicted molar refractivity (Wildman–Crippen MR) is 58.0 cm³/mol. The van der Waals surface area contributed by atoms with E-state index in [0.717, 1.165) is 19.3 Å². The molecule has 0 N–H and O–H groups in total. The maximum absolute atomic E-state index is 11.5. The van der Waals surface area contributed by atoms with Crippen molar-refractivity contribution < 1.29 is 19.6 Å². The van der Waals surface area contributed by atoms with Gasteiger partial charge in [-0.05, 0) is 19.3 Å². The normalized spacial score (nSPS) is 21.9. The van der Waals surface area contributed by atoms with Gasteiger partial charge in [-0.1, -0.05) is 20.3 Å². The zero-order valence-electron chi connectivity index (χ0n) is 10.1. The molecule has 0 aromatic heterocycles. The van der Waals surface area contributed by atoms with Crippen LogP contribution in [0.4, 0.5) is 0 Å². The van der Waals surface area contributed by atoms with Crippen molar-refractivity contribution in [2.75, 3.05) is 6.54 Å². The summed E-state index contributed by atoms with van der Waals surface area (Å²) in [6.07, 6.45) is 2.33. The highest BCUT2D eigenvalue weighted by Crippen LogP contribution is 2.19. The number of carbonyl (C=O) groups excluding carboxylic acids is 1. The van der Waals surface area contributed by atoms with E-state index in [1.54, 1.807) is 13.8 Å². The van der Waals surface area contributed by atoms with E-state index in [4.69, 9.17) is 4.84 Å². The molecule has 7 heteroatoms. The summed E-state index contributed by atoms with van der Waals surface area (Å²) in [6, 6.07) is 0. The molecule has 1 aliphatic heterocycles. The van der Waals surface area contributed by atoms with Crippen molar-refractivity contribution in [3.8, 4) is 0 Å². The van der Waals surface area contributed by atoms with Gasteiger partial charge in [0, 0.05) is 6.54 Å². The summed E-state index contributed by atoms with van der Waals surface area (Å²) in [5.41, 5.74) is 0. The van der Waals surface area contributed by atoms with Crippen LogP contribution < -0.4 is 0 Å². The minimum absolute atomic E-state index is 0.269. The smallest absolute Gasteiger partial charge is 0.327 e. The Morgan fingerprint density at radius 2 is 2.12 bits per heavy atom. The lowest BCUT2D eigenvalue weighted by atomic mass is 10.2. The zero-order chi connectivity index (χ0) is 12.8. The van der Waals surface area contributed by atoms with Crippen LogP contribution in [0.3, 0.4) is 0 Å². The SMILES string of the molecule is CC(C)C(=O)ON1CCCCCC1O[N+](=O)[O-]. The third kappa shape index (κ3) is 4.56. The van der Waals surface area contributed by atoms with Crippen LogP contribution in [0.15, 0.2) is 0 Å². The van der Waals surface area contributed by atoms with Crippen LogP contribution in [0.2, 0.25) is 0 Å². The molecule has 98 valence electrons. The number of nitrogens with zero attached hydrogens (tertiary/aromatic N) is 2. The first kappa shape index (κ1) is 13.7. The summed E-state index contributed by atoms with van der Waals surface area (Å²) in [5.74, 6) is -0.668. The first-order chi connectivity index (χ1) is 8.00. The molecule has 17 heavy (non-hydrogen) atoms. The van der Waals surface area contributed by atoms with Gasteiger partial charge in [0.1, 0.15) is 0 Å². The molecular weight excluding hydrogens is 228 g/mol. The maximum Gasteiger partial charge on any atom is 0.327 e. The van der Waals surface area contributed by atoms with Crippen molar-refractivity contribution in [2.45, 2.75) is 45.8 Å². The fraction of sp³-hybridized carbons (Fsp3) is 0.900. The Morgan fingerprint density at radius 3 is 2.71 bits per heavy atom. The second kappa shape index (κ2) is 6.39.